The Labute approximate surface area is 63.6 Å². The highest BCUT2D eigenvalue weighted by Gasteiger charge is 2.13. The third-order valence-corrected chi connectivity index (χ3v) is 1.02. The molecule has 0 unspecified atom stereocenters. The standard InChI is InChI=1S/C3H8O7S/c1-7-9-11(5,6)10-8-3-2-4/h4H,2-3H2,1H3. The molecule has 8 heteroatoms. The van der Waals surface area contributed by atoms with Crippen molar-refractivity contribution in [2.45, 2.75) is 0 Å². The predicted molar refractivity (Wildman–Crippen MR) is 31.1 cm³/mol. The second-order valence-electron chi connectivity index (χ2n) is 1.26. The molecular formula is C3H8O7S. The van der Waals surface area contributed by atoms with Gasteiger partial charge < -0.3 is 5.11 Å². The van der Waals surface area contributed by atoms with Crippen molar-refractivity contribution in [2.75, 3.05) is 20.3 Å². The van der Waals surface area contributed by atoms with Crippen LogP contribution in [0.25, 0.3) is 0 Å². The van der Waals surface area contributed by atoms with E-state index in [9.17, 15) is 8.42 Å². The van der Waals surface area contributed by atoms with Crippen LogP contribution in [0.15, 0.2) is 0 Å². The minimum Gasteiger partial charge on any atom is -0.394 e. The maximum absolute atomic E-state index is 10.3. The van der Waals surface area contributed by atoms with E-state index in [1.165, 1.54) is 0 Å². The summed E-state index contributed by atoms with van der Waals surface area (Å²) >= 11 is 0. The van der Waals surface area contributed by atoms with Crippen LogP contribution in [-0.4, -0.2) is 33.8 Å². The summed E-state index contributed by atoms with van der Waals surface area (Å²) in [5, 5.41) is 8.12. The Bertz CT molecular complexity index is 172. The van der Waals surface area contributed by atoms with E-state index in [0.29, 0.717) is 0 Å². The quantitative estimate of drug-likeness (QED) is 0.316. The van der Waals surface area contributed by atoms with Gasteiger partial charge in [-0.3, -0.25) is 0 Å². The highest BCUT2D eigenvalue weighted by molar-refractivity contribution is 7.81. The zero-order valence-corrected chi connectivity index (χ0v) is 6.54. The summed E-state index contributed by atoms with van der Waals surface area (Å²) in [4.78, 5) is 7.74. The Morgan fingerprint density at radius 1 is 1.36 bits per heavy atom. The van der Waals surface area contributed by atoms with Gasteiger partial charge in [-0.25, -0.2) is 9.78 Å². The molecule has 0 atom stereocenters. The van der Waals surface area contributed by atoms with Gasteiger partial charge >= 0.3 is 10.4 Å². The fourth-order valence-electron chi connectivity index (χ4n) is 0.225. The van der Waals surface area contributed by atoms with Gasteiger partial charge in [0, 0.05) is 0 Å². The molecule has 11 heavy (non-hydrogen) atoms. The second kappa shape index (κ2) is 5.41. The summed E-state index contributed by atoms with van der Waals surface area (Å²) < 4.78 is 28.0. The summed E-state index contributed by atoms with van der Waals surface area (Å²) in [5.41, 5.74) is 0. The minimum atomic E-state index is -4.26. The molecule has 0 aromatic rings. The molecule has 0 aromatic heterocycles. The van der Waals surface area contributed by atoms with Gasteiger partial charge in [0.15, 0.2) is 0 Å². The van der Waals surface area contributed by atoms with Gasteiger partial charge in [-0.15, -0.1) is 0 Å². The van der Waals surface area contributed by atoms with Crippen LogP contribution < -0.4 is 0 Å². The van der Waals surface area contributed by atoms with Crippen molar-refractivity contribution < 1.29 is 32.0 Å². The van der Waals surface area contributed by atoms with Crippen molar-refractivity contribution in [3.8, 4) is 0 Å². The number of aliphatic hydroxyl groups excluding tert-OH is 1. The van der Waals surface area contributed by atoms with E-state index in [1.807, 2.05) is 0 Å². The number of hydrogen-bond donors (Lipinski definition) is 1. The molecule has 0 rings (SSSR count). The molecular weight excluding hydrogens is 180 g/mol. The van der Waals surface area contributed by atoms with Crippen LogP contribution in [0, 0.1) is 0 Å². The fourth-order valence-corrected chi connectivity index (χ4v) is 0.600. The molecule has 0 saturated carbocycles. The van der Waals surface area contributed by atoms with Crippen molar-refractivity contribution in [2.24, 2.45) is 0 Å². The Kier molecular flexibility index (Phi) is 5.28. The lowest BCUT2D eigenvalue weighted by Crippen LogP contribution is -2.11. The average Bonchev–Trinajstić information content (AvgIpc) is 1.87. The first-order chi connectivity index (χ1) is 5.12. The van der Waals surface area contributed by atoms with Crippen molar-refractivity contribution in [1.82, 2.24) is 0 Å². The molecule has 0 amide bonds. The van der Waals surface area contributed by atoms with Crippen molar-refractivity contribution in [3.05, 3.63) is 0 Å². The Morgan fingerprint density at radius 2 is 2.00 bits per heavy atom. The zero-order valence-electron chi connectivity index (χ0n) is 5.72. The van der Waals surface area contributed by atoms with Crippen LogP contribution in [0.3, 0.4) is 0 Å². The number of hydrogen-bond acceptors (Lipinski definition) is 7. The Morgan fingerprint density at radius 3 is 2.45 bits per heavy atom. The summed E-state index contributed by atoms with van der Waals surface area (Å²) in [6, 6.07) is 0. The molecule has 0 aliphatic heterocycles. The number of rotatable bonds is 6. The van der Waals surface area contributed by atoms with Gasteiger partial charge in [-0.05, 0) is 0 Å². The summed E-state index contributed by atoms with van der Waals surface area (Å²) in [7, 11) is -3.27. The number of aliphatic hydroxyl groups is 1. The van der Waals surface area contributed by atoms with Gasteiger partial charge in [0.1, 0.15) is 6.61 Å². The van der Waals surface area contributed by atoms with Crippen molar-refractivity contribution in [3.63, 3.8) is 0 Å². The van der Waals surface area contributed by atoms with E-state index < -0.39 is 10.4 Å². The molecule has 0 aromatic carbocycles. The normalized spacial score (nSPS) is 11.8. The minimum absolute atomic E-state index is 0.272. The molecule has 0 heterocycles. The second-order valence-corrected chi connectivity index (χ2v) is 2.35. The summed E-state index contributed by atoms with van der Waals surface area (Å²) in [6.07, 6.45) is 0. The molecule has 0 spiro atoms. The maximum atomic E-state index is 10.3. The molecule has 1 N–H and O–H groups in total. The van der Waals surface area contributed by atoms with Crippen molar-refractivity contribution in [1.29, 1.82) is 0 Å². The first-order valence-corrected chi connectivity index (χ1v) is 3.85. The largest absolute Gasteiger partial charge is 0.453 e. The van der Waals surface area contributed by atoms with Crippen LogP contribution in [0.1, 0.15) is 0 Å². The topological polar surface area (TPSA) is 91.3 Å². The smallest absolute Gasteiger partial charge is 0.394 e. The van der Waals surface area contributed by atoms with Gasteiger partial charge in [-0.2, -0.15) is 8.42 Å². The third-order valence-electron chi connectivity index (χ3n) is 0.457. The highest BCUT2D eigenvalue weighted by Crippen LogP contribution is 1.95. The fraction of sp³-hybridized carbons (Fsp3) is 1.00. The predicted octanol–water partition coefficient (Wildman–Crippen LogP) is -1.25. The van der Waals surface area contributed by atoms with Crippen LogP contribution in [0.5, 0.6) is 0 Å². The molecule has 0 aliphatic rings. The lowest BCUT2D eigenvalue weighted by molar-refractivity contribution is -0.250. The van der Waals surface area contributed by atoms with E-state index in [4.69, 9.17) is 5.11 Å². The van der Waals surface area contributed by atoms with E-state index in [0.717, 1.165) is 7.11 Å². The van der Waals surface area contributed by atoms with Gasteiger partial charge in [0.2, 0.25) is 0 Å². The molecule has 0 bridgehead atoms. The van der Waals surface area contributed by atoms with Gasteiger partial charge in [-0.1, -0.05) is 8.67 Å². The maximum Gasteiger partial charge on any atom is 0.453 e. The third kappa shape index (κ3) is 6.16. The van der Waals surface area contributed by atoms with E-state index in [1.54, 1.807) is 0 Å². The van der Waals surface area contributed by atoms with E-state index >= 15 is 0 Å². The highest BCUT2D eigenvalue weighted by atomic mass is 32.3. The van der Waals surface area contributed by atoms with E-state index in [-0.39, 0.29) is 13.2 Å². The SMILES string of the molecule is COOS(=O)(=O)OOCCO. The summed E-state index contributed by atoms with van der Waals surface area (Å²) in [5.74, 6) is 0. The molecule has 0 saturated heterocycles. The zero-order chi connectivity index (χ0) is 8.74. The molecule has 0 aliphatic carbocycles. The summed E-state index contributed by atoms with van der Waals surface area (Å²) in [6.45, 7) is -0.630. The first kappa shape index (κ1) is 10.8. The Balaban J connectivity index is 3.56. The molecule has 7 nitrogen and oxygen atoms in total. The van der Waals surface area contributed by atoms with Crippen LogP contribution in [-0.2, 0) is 28.8 Å². The van der Waals surface area contributed by atoms with Crippen LogP contribution in [0.4, 0.5) is 0 Å². The van der Waals surface area contributed by atoms with Crippen LogP contribution in [0.2, 0.25) is 0 Å². The molecule has 68 valence electrons. The molecule has 0 radical (unpaired) electrons. The molecule has 0 fully saturated rings. The average molecular weight is 188 g/mol. The van der Waals surface area contributed by atoms with E-state index in [2.05, 4.69) is 18.4 Å². The monoisotopic (exact) mass is 188 g/mol. The van der Waals surface area contributed by atoms with Crippen molar-refractivity contribution >= 4 is 10.4 Å². The van der Waals surface area contributed by atoms with Crippen LogP contribution >= 0.6 is 0 Å². The van der Waals surface area contributed by atoms with Gasteiger partial charge in [0.25, 0.3) is 0 Å². The lowest BCUT2D eigenvalue weighted by atomic mass is 10.8. The first-order valence-electron chi connectivity index (χ1n) is 2.51. The Hall–Kier alpha value is -0.250. The van der Waals surface area contributed by atoms with Gasteiger partial charge in [0.05, 0.1) is 13.7 Å². The lowest BCUT2D eigenvalue weighted by Gasteiger charge is -1.99.